The number of likely N-dealkylation sites (N-methyl/N-ethyl adjacent to an activating group) is 1. The van der Waals surface area contributed by atoms with Gasteiger partial charge in [-0.1, -0.05) is 23.2 Å². The van der Waals surface area contributed by atoms with Gasteiger partial charge in [0.2, 0.25) is 0 Å². The first kappa shape index (κ1) is 19.3. The maximum atomic E-state index is 6.53. The maximum absolute atomic E-state index is 6.53. The topological polar surface area (TPSA) is 75.3 Å². The molecule has 4 rings (SSSR count). The Hall–Kier alpha value is -2.06. The number of piperazine rings is 1. The Morgan fingerprint density at radius 1 is 1.14 bits per heavy atom. The fraction of sp³-hybridized carbons (Fsp3) is 0.368. The molecule has 3 aromatic rings. The van der Waals surface area contributed by atoms with E-state index in [1.165, 1.54) is 0 Å². The van der Waals surface area contributed by atoms with Gasteiger partial charge < -0.3 is 14.8 Å². The van der Waals surface area contributed by atoms with Crippen LogP contribution in [0.2, 0.25) is 10.0 Å². The Morgan fingerprint density at radius 2 is 1.86 bits per heavy atom. The summed E-state index contributed by atoms with van der Waals surface area (Å²) >= 11 is 13.1. The normalized spacial score (nSPS) is 17.8. The SMILES string of the molecule is COc1cc(OC)c(Cl)c(-c2ccc3c(C4CNCCN4C)n[nH]c3n2)c1Cl. The van der Waals surface area contributed by atoms with Gasteiger partial charge in [-0.3, -0.25) is 10.00 Å². The lowest BCUT2D eigenvalue weighted by molar-refractivity contribution is 0.199. The van der Waals surface area contributed by atoms with E-state index in [-0.39, 0.29) is 6.04 Å². The summed E-state index contributed by atoms with van der Waals surface area (Å²) in [4.78, 5) is 7.01. The highest BCUT2D eigenvalue weighted by molar-refractivity contribution is 6.41. The summed E-state index contributed by atoms with van der Waals surface area (Å²) in [5, 5.41) is 12.7. The van der Waals surface area contributed by atoms with Gasteiger partial charge >= 0.3 is 0 Å². The molecular formula is C19H21Cl2N5O2. The molecule has 7 nitrogen and oxygen atoms in total. The second-order valence-corrected chi connectivity index (χ2v) is 7.44. The molecule has 1 fully saturated rings. The Labute approximate surface area is 172 Å². The largest absolute Gasteiger partial charge is 0.495 e. The van der Waals surface area contributed by atoms with Crippen LogP contribution < -0.4 is 14.8 Å². The Balaban J connectivity index is 1.82. The number of H-pyrrole nitrogens is 1. The number of benzene rings is 1. The van der Waals surface area contributed by atoms with Gasteiger partial charge in [0.05, 0.1) is 41.7 Å². The van der Waals surface area contributed by atoms with Crippen molar-refractivity contribution in [3.05, 3.63) is 33.9 Å². The fourth-order valence-electron chi connectivity index (χ4n) is 3.54. The molecule has 0 saturated carbocycles. The van der Waals surface area contributed by atoms with Crippen molar-refractivity contribution >= 4 is 34.2 Å². The fourth-order valence-corrected chi connectivity index (χ4v) is 4.23. The molecule has 2 aromatic heterocycles. The highest BCUT2D eigenvalue weighted by Crippen LogP contribution is 2.45. The third-order valence-electron chi connectivity index (χ3n) is 5.11. The average Bonchev–Trinajstić information content (AvgIpc) is 3.12. The minimum absolute atomic E-state index is 0.194. The third-order valence-corrected chi connectivity index (χ3v) is 5.86. The number of fused-ring (bicyclic) bond motifs is 1. The van der Waals surface area contributed by atoms with Crippen molar-refractivity contribution in [1.82, 2.24) is 25.4 Å². The van der Waals surface area contributed by atoms with E-state index in [2.05, 4.69) is 27.5 Å². The Morgan fingerprint density at radius 3 is 2.50 bits per heavy atom. The Kier molecular flexibility index (Phi) is 5.33. The number of halogens is 2. The van der Waals surface area contributed by atoms with Gasteiger partial charge in [-0.05, 0) is 19.2 Å². The van der Waals surface area contributed by atoms with Gasteiger partial charge in [0.1, 0.15) is 11.5 Å². The van der Waals surface area contributed by atoms with Crippen molar-refractivity contribution in [2.24, 2.45) is 0 Å². The number of hydrogen-bond acceptors (Lipinski definition) is 6. The number of nitrogens with zero attached hydrogens (tertiary/aromatic N) is 3. The molecule has 3 heterocycles. The van der Waals surface area contributed by atoms with Crippen molar-refractivity contribution in [3.8, 4) is 22.8 Å². The molecule has 0 spiro atoms. The lowest BCUT2D eigenvalue weighted by Crippen LogP contribution is -2.44. The summed E-state index contributed by atoms with van der Waals surface area (Å²) in [6.45, 7) is 2.80. The minimum atomic E-state index is 0.194. The van der Waals surface area contributed by atoms with Crippen molar-refractivity contribution in [3.63, 3.8) is 0 Å². The number of ether oxygens (including phenoxy) is 2. The van der Waals surface area contributed by atoms with Crippen LogP contribution in [-0.2, 0) is 0 Å². The highest BCUT2D eigenvalue weighted by atomic mass is 35.5. The second kappa shape index (κ2) is 7.75. The van der Waals surface area contributed by atoms with Crippen molar-refractivity contribution in [1.29, 1.82) is 0 Å². The van der Waals surface area contributed by atoms with E-state index in [9.17, 15) is 0 Å². The number of rotatable bonds is 4. The molecule has 0 amide bonds. The number of methoxy groups -OCH3 is 2. The quantitative estimate of drug-likeness (QED) is 0.670. The van der Waals surface area contributed by atoms with Crippen LogP contribution in [0.3, 0.4) is 0 Å². The van der Waals surface area contributed by atoms with Gasteiger partial charge in [-0.15, -0.1) is 0 Å². The van der Waals surface area contributed by atoms with Gasteiger partial charge in [0, 0.05) is 36.7 Å². The molecule has 1 unspecified atom stereocenters. The number of pyridine rings is 1. The molecule has 0 radical (unpaired) electrons. The number of aromatic nitrogens is 3. The van der Waals surface area contributed by atoms with Crippen LogP contribution in [0.25, 0.3) is 22.3 Å². The molecule has 28 heavy (non-hydrogen) atoms. The van der Waals surface area contributed by atoms with Crippen molar-refractivity contribution < 1.29 is 9.47 Å². The first-order chi connectivity index (χ1) is 13.5. The molecule has 0 bridgehead atoms. The van der Waals surface area contributed by atoms with Crippen LogP contribution in [0.5, 0.6) is 11.5 Å². The van der Waals surface area contributed by atoms with E-state index in [0.717, 1.165) is 30.7 Å². The lowest BCUT2D eigenvalue weighted by Gasteiger charge is -2.31. The summed E-state index contributed by atoms with van der Waals surface area (Å²) in [6, 6.07) is 5.74. The Bertz CT molecular complexity index is 995. The molecule has 0 aliphatic carbocycles. The number of nitrogens with one attached hydrogen (secondary N) is 2. The van der Waals surface area contributed by atoms with Gasteiger partial charge in [-0.2, -0.15) is 5.10 Å². The summed E-state index contributed by atoms with van der Waals surface area (Å²) in [5.74, 6) is 0.944. The van der Waals surface area contributed by atoms with E-state index < -0.39 is 0 Å². The highest BCUT2D eigenvalue weighted by Gasteiger charge is 2.26. The molecule has 1 saturated heterocycles. The van der Waals surface area contributed by atoms with Crippen LogP contribution in [0.1, 0.15) is 11.7 Å². The monoisotopic (exact) mass is 421 g/mol. The lowest BCUT2D eigenvalue weighted by atomic mass is 10.1. The second-order valence-electron chi connectivity index (χ2n) is 6.69. The van der Waals surface area contributed by atoms with Crippen LogP contribution in [0.4, 0.5) is 0 Å². The third kappa shape index (κ3) is 3.18. The van der Waals surface area contributed by atoms with Crippen LogP contribution in [0.15, 0.2) is 18.2 Å². The van der Waals surface area contributed by atoms with E-state index in [1.54, 1.807) is 20.3 Å². The molecule has 9 heteroatoms. The van der Waals surface area contributed by atoms with E-state index in [0.29, 0.717) is 38.4 Å². The zero-order valence-electron chi connectivity index (χ0n) is 15.8. The predicted octanol–water partition coefficient (Wildman–Crippen LogP) is 3.53. The summed E-state index contributed by atoms with van der Waals surface area (Å²) in [5.41, 5.74) is 2.84. The van der Waals surface area contributed by atoms with E-state index >= 15 is 0 Å². The number of hydrogen-bond donors (Lipinski definition) is 2. The molecule has 148 valence electrons. The summed E-state index contributed by atoms with van der Waals surface area (Å²) in [6.07, 6.45) is 0. The molecule has 1 atom stereocenters. The van der Waals surface area contributed by atoms with E-state index in [1.807, 2.05) is 12.1 Å². The molecule has 2 N–H and O–H groups in total. The molecule has 1 aliphatic rings. The maximum Gasteiger partial charge on any atom is 0.156 e. The molecule has 1 aliphatic heterocycles. The minimum Gasteiger partial charge on any atom is -0.495 e. The summed E-state index contributed by atoms with van der Waals surface area (Å²) < 4.78 is 10.7. The standard InChI is InChI=1S/C19H21Cl2N5O2/c1-26-7-6-22-9-12(26)18-10-4-5-11(23-19(10)25-24-18)15-16(20)13(27-2)8-14(28-3)17(15)21/h4-5,8,12,22H,6-7,9H2,1-3H3,(H,23,24,25). The van der Waals surface area contributed by atoms with Gasteiger partial charge in [0.25, 0.3) is 0 Å². The van der Waals surface area contributed by atoms with Gasteiger partial charge in [-0.25, -0.2) is 4.98 Å². The molecular weight excluding hydrogens is 401 g/mol. The first-order valence-corrected chi connectivity index (χ1v) is 9.67. The van der Waals surface area contributed by atoms with Crippen LogP contribution in [0, 0.1) is 0 Å². The van der Waals surface area contributed by atoms with E-state index in [4.69, 9.17) is 37.7 Å². The smallest absolute Gasteiger partial charge is 0.156 e. The van der Waals surface area contributed by atoms with Crippen molar-refractivity contribution in [2.45, 2.75) is 6.04 Å². The average molecular weight is 422 g/mol. The van der Waals surface area contributed by atoms with Crippen LogP contribution >= 0.6 is 23.2 Å². The summed E-state index contributed by atoms with van der Waals surface area (Å²) in [7, 11) is 5.20. The molecule has 1 aromatic carbocycles. The van der Waals surface area contributed by atoms with Crippen molar-refractivity contribution in [2.75, 3.05) is 40.9 Å². The number of aromatic amines is 1. The van der Waals surface area contributed by atoms with Crippen LogP contribution in [-0.4, -0.2) is 61.0 Å². The zero-order chi connectivity index (χ0) is 19.8. The van der Waals surface area contributed by atoms with Gasteiger partial charge in [0.15, 0.2) is 5.65 Å². The zero-order valence-corrected chi connectivity index (χ0v) is 17.4. The first-order valence-electron chi connectivity index (χ1n) is 8.91. The predicted molar refractivity (Wildman–Crippen MR) is 111 cm³/mol.